The number of H-pyrrole nitrogens is 1. The summed E-state index contributed by atoms with van der Waals surface area (Å²) >= 11 is 1.63. The van der Waals surface area contributed by atoms with Crippen LogP contribution in [0.15, 0.2) is 47.6 Å². The number of aromatic amines is 1. The Morgan fingerprint density at radius 1 is 1.27 bits per heavy atom. The third kappa shape index (κ3) is 4.43. The van der Waals surface area contributed by atoms with E-state index in [9.17, 15) is 4.79 Å². The molecule has 2 aromatic heterocycles. The molecule has 6 heteroatoms. The van der Waals surface area contributed by atoms with E-state index in [1.165, 1.54) is 0 Å². The third-order valence-electron chi connectivity index (χ3n) is 4.04. The van der Waals surface area contributed by atoms with Crippen LogP contribution in [-0.2, 0) is 0 Å². The second kappa shape index (κ2) is 8.36. The van der Waals surface area contributed by atoms with Gasteiger partial charge < -0.3 is 10.3 Å². The Kier molecular flexibility index (Phi) is 5.93. The Hall–Kier alpha value is -2.34. The van der Waals surface area contributed by atoms with Gasteiger partial charge in [-0.1, -0.05) is 32.9 Å². The summed E-state index contributed by atoms with van der Waals surface area (Å²) in [6, 6.07) is 11.3. The van der Waals surface area contributed by atoms with Gasteiger partial charge in [0.2, 0.25) is 0 Å². The van der Waals surface area contributed by atoms with E-state index in [-0.39, 0.29) is 11.9 Å². The van der Waals surface area contributed by atoms with Gasteiger partial charge >= 0.3 is 0 Å². The normalized spacial score (nSPS) is 12.5. The lowest BCUT2D eigenvalue weighted by Crippen LogP contribution is -2.30. The van der Waals surface area contributed by atoms with Gasteiger partial charge in [-0.3, -0.25) is 4.79 Å². The summed E-state index contributed by atoms with van der Waals surface area (Å²) in [5.41, 5.74) is 2.52. The number of hydrogen-bond acceptors (Lipinski definition) is 4. The maximum Gasteiger partial charge on any atom is 0.252 e. The van der Waals surface area contributed by atoms with E-state index in [4.69, 9.17) is 0 Å². The van der Waals surface area contributed by atoms with Crippen molar-refractivity contribution in [2.75, 3.05) is 5.75 Å². The van der Waals surface area contributed by atoms with Gasteiger partial charge in [-0.2, -0.15) is 0 Å². The molecule has 0 aliphatic carbocycles. The van der Waals surface area contributed by atoms with Crippen molar-refractivity contribution in [3.63, 3.8) is 0 Å². The van der Waals surface area contributed by atoms with E-state index < -0.39 is 0 Å². The highest BCUT2D eigenvalue weighted by Gasteiger charge is 2.20. The SMILES string of the molecule is CCSc1cc(C(=O)NC(CC(C)C)c2nc3ccccc3[nH]2)ccn1. The molecule has 1 atom stereocenters. The van der Waals surface area contributed by atoms with Gasteiger partial charge in [-0.25, -0.2) is 9.97 Å². The van der Waals surface area contributed by atoms with Crippen LogP contribution in [0, 0.1) is 5.92 Å². The number of fused-ring (bicyclic) bond motifs is 1. The number of pyridine rings is 1. The predicted molar refractivity (Wildman–Crippen MR) is 106 cm³/mol. The molecule has 2 heterocycles. The first-order valence-electron chi connectivity index (χ1n) is 8.91. The number of nitrogens with zero attached hydrogens (tertiary/aromatic N) is 2. The smallest absolute Gasteiger partial charge is 0.252 e. The molecule has 0 bridgehead atoms. The number of nitrogens with one attached hydrogen (secondary N) is 2. The van der Waals surface area contributed by atoms with E-state index in [0.717, 1.165) is 34.1 Å². The summed E-state index contributed by atoms with van der Waals surface area (Å²) in [7, 11) is 0. The second-order valence-corrected chi connectivity index (χ2v) is 7.89. The topological polar surface area (TPSA) is 70.7 Å². The number of benzene rings is 1. The molecule has 0 aliphatic heterocycles. The number of carbonyl (C=O) groups excluding carboxylic acids is 1. The maximum atomic E-state index is 12.8. The van der Waals surface area contributed by atoms with E-state index in [1.54, 1.807) is 24.0 Å². The van der Waals surface area contributed by atoms with E-state index in [0.29, 0.717) is 11.5 Å². The number of rotatable bonds is 7. The van der Waals surface area contributed by atoms with Crippen LogP contribution in [0.25, 0.3) is 11.0 Å². The number of amides is 1. The molecule has 1 unspecified atom stereocenters. The fourth-order valence-corrected chi connectivity index (χ4v) is 3.51. The van der Waals surface area contributed by atoms with Crippen molar-refractivity contribution < 1.29 is 4.79 Å². The molecule has 3 rings (SSSR count). The quantitative estimate of drug-likeness (QED) is 0.599. The average molecular weight is 369 g/mol. The summed E-state index contributed by atoms with van der Waals surface area (Å²) in [5, 5.41) is 4.01. The standard InChI is InChI=1S/C20H24N4OS/c1-4-26-18-12-14(9-10-21-18)20(25)24-17(11-13(2)3)19-22-15-7-5-6-8-16(15)23-19/h5-10,12-13,17H,4,11H2,1-3H3,(H,22,23)(H,24,25). The van der Waals surface area contributed by atoms with Gasteiger partial charge in [-0.15, -0.1) is 11.8 Å². The van der Waals surface area contributed by atoms with Crippen molar-refractivity contribution in [1.29, 1.82) is 0 Å². The molecule has 26 heavy (non-hydrogen) atoms. The number of carbonyl (C=O) groups is 1. The zero-order valence-corrected chi connectivity index (χ0v) is 16.1. The number of thioether (sulfide) groups is 1. The molecular formula is C20H24N4OS. The van der Waals surface area contributed by atoms with Crippen molar-refractivity contribution >= 4 is 28.7 Å². The molecule has 3 aromatic rings. The number of aromatic nitrogens is 3. The Morgan fingerprint density at radius 2 is 2.08 bits per heavy atom. The molecule has 1 amide bonds. The Labute approximate surface area is 158 Å². The van der Waals surface area contributed by atoms with E-state index >= 15 is 0 Å². The van der Waals surface area contributed by atoms with Gasteiger partial charge in [0.15, 0.2) is 0 Å². The lowest BCUT2D eigenvalue weighted by molar-refractivity contribution is 0.0929. The Balaban J connectivity index is 1.84. The fraction of sp³-hybridized carbons (Fsp3) is 0.350. The minimum Gasteiger partial charge on any atom is -0.342 e. The van der Waals surface area contributed by atoms with Crippen LogP contribution >= 0.6 is 11.8 Å². The molecule has 1 aromatic carbocycles. The van der Waals surface area contributed by atoms with Crippen LogP contribution in [0.5, 0.6) is 0 Å². The lowest BCUT2D eigenvalue weighted by atomic mass is 10.0. The summed E-state index contributed by atoms with van der Waals surface area (Å²) in [4.78, 5) is 25.1. The summed E-state index contributed by atoms with van der Waals surface area (Å²) in [5.74, 6) is 2.05. The molecule has 136 valence electrons. The molecule has 0 spiro atoms. The first-order valence-corrected chi connectivity index (χ1v) is 9.89. The summed E-state index contributed by atoms with van der Waals surface area (Å²) in [6.45, 7) is 6.35. The van der Waals surface area contributed by atoms with Gasteiger partial charge in [0.1, 0.15) is 5.82 Å². The van der Waals surface area contributed by atoms with Crippen LogP contribution in [0.4, 0.5) is 0 Å². The zero-order chi connectivity index (χ0) is 18.5. The molecule has 0 aliphatic rings. The van der Waals surface area contributed by atoms with Crippen LogP contribution in [0.1, 0.15) is 49.4 Å². The average Bonchev–Trinajstić information content (AvgIpc) is 3.05. The zero-order valence-electron chi connectivity index (χ0n) is 15.3. The van der Waals surface area contributed by atoms with Gasteiger partial charge in [0, 0.05) is 11.8 Å². The maximum absolute atomic E-state index is 12.8. The van der Waals surface area contributed by atoms with Gasteiger partial charge in [0.05, 0.1) is 22.1 Å². The molecule has 0 saturated carbocycles. The first-order chi connectivity index (χ1) is 12.6. The van der Waals surface area contributed by atoms with Crippen molar-refractivity contribution in [1.82, 2.24) is 20.3 Å². The summed E-state index contributed by atoms with van der Waals surface area (Å²) in [6.07, 6.45) is 2.50. The van der Waals surface area contributed by atoms with Gasteiger partial charge in [-0.05, 0) is 42.4 Å². The molecule has 0 saturated heterocycles. The van der Waals surface area contributed by atoms with Crippen LogP contribution in [-0.4, -0.2) is 26.6 Å². The van der Waals surface area contributed by atoms with Crippen molar-refractivity contribution in [3.8, 4) is 0 Å². The Bertz CT molecular complexity index is 857. The molecule has 5 nitrogen and oxygen atoms in total. The largest absolute Gasteiger partial charge is 0.342 e. The molecule has 2 N–H and O–H groups in total. The number of imidazole rings is 1. The third-order valence-corrected chi connectivity index (χ3v) is 4.85. The van der Waals surface area contributed by atoms with E-state index in [1.807, 2.05) is 30.3 Å². The second-order valence-electron chi connectivity index (χ2n) is 6.61. The van der Waals surface area contributed by atoms with Crippen molar-refractivity contribution in [2.45, 2.75) is 38.3 Å². The molecule has 0 fully saturated rings. The lowest BCUT2D eigenvalue weighted by Gasteiger charge is -2.19. The number of hydrogen-bond donors (Lipinski definition) is 2. The number of para-hydroxylation sites is 2. The minimum absolute atomic E-state index is 0.101. The highest BCUT2D eigenvalue weighted by atomic mass is 32.2. The van der Waals surface area contributed by atoms with E-state index in [2.05, 4.69) is 41.0 Å². The van der Waals surface area contributed by atoms with Gasteiger partial charge in [0.25, 0.3) is 5.91 Å². The highest BCUT2D eigenvalue weighted by Crippen LogP contribution is 2.23. The first kappa shape index (κ1) is 18.5. The van der Waals surface area contributed by atoms with Crippen molar-refractivity contribution in [2.24, 2.45) is 5.92 Å². The Morgan fingerprint density at radius 3 is 2.81 bits per heavy atom. The molecular weight excluding hydrogens is 344 g/mol. The minimum atomic E-state index is -0.162. The summed E-state index contributed by atoms with van der Waals surface area (Å²) < 4.78 is 0. The van der Waals surface area contributed by atoms with Crippen LogP contribution < -0.4 is 5.32 Å². The van der Waals surface area contributed by atoms with Crippen molar-refractivity contribution in [3.05, 3.63) is 54.0 Å². The predicted octanol–water partition coefficient (Wildman–Crippen LogP) is 4.59. The van der Waals surface area contributed by atoms with Crippen LogP contribution in [0.3, 0.4) is 0 Å². The highest BCUT2D eigenvalue weighted by molar-refractivity contribution is 7.99. The fourth-order valence-electron chi connectivity index (χ4n) is 2.87. The van der Waals surface area contributed by atoms with Crippen LogP contribution in [0.2, 0.25) is 0 Å². The molecule has 0 radical (unpaired) electrons. The monoisotopic (exact) mass is 368 g/mol.